The lowest BCUT2D eigenvalue weighted by atomic mass is 10.0. The van der Waals surface area contributed by atoms with E-state index >= 15 is 0 Å². The van der Waals surface area contributed by atoms with E-state index in [1.807, 2.05) is 18.2 Å². The number of hydrogen-bond acceptors (Lipinski definition) is 1. The number of benzene rings is 1. The number of H-pyrrole nitrogens is 1. The maximum absolute atomic E-state index is 11.0. The van der Waals surface area contributed by atoms with Crippen molar-refractivity contribution in [3.8, 4) is 0 Å². The molecule has 3 N–H and O–H groups in total. The molecule has 4 heteroatoms. The summed E-state index contributed by atoms with van der Waals surface area (Å²) in [6, 6.07) is 5.70. The number of halogens is 1. The third-order valence-electron chi connectivity index (χ3n) is 2.81. The smallest absolute Gasteiger partial charge is 0.223 e. The number of fused-ring (bicyclic) bond motifs is 1. The standard InChI is InChI=1S/C13H15ClN2O/c1-2-3-9-10-6-8(14)4-5-11(10)16-12(9)7-13(15)17/h4-6,16H,2-3,7H2,1H3,(H2,15,17). The molecule has 17 heavy (non-hydrogen) atoms. The SMILES string of the molecule is CCCc1c(CC(N)=O)[nH]c2ccc(Cl)cc12. The molecule has 1 amide bonds. The lowest BCUT2D eigenvalue weighted by Gasteiger charge is -2.01. The van der Waals surface area contributed by atoms with E-state index in [9.17, 15) is 4.79 Å². The Bertz CT molecular complexity index is 560. The third kappa shape index (κ3) is 2.44. The number of aryl methyl sites for hydroxylation is 1. The van der Waals surface area contributed by atoms with E-state index < -0.39 is 0 Å². The fourth-order valence-electron chi connectivity index (χ4n) is 2.14. The van der Waals surface area contributed by atoms with Gasteiger partial charge in [0.15, 0.2) is 0 Å². The summed E-state index contributed by atoms with van der Waals surface area (Å²) in [6.45, 7) is 2.11. The van der Waals surface area contributed by atoms with Crippen LogP contribution in [-0.4, -0.2) is 10.9 Å². The van der Waals surface area contributed by atoms with Crippen LogP contribution in [0.2, 0.25) is 5.02 Å². The maximum atomic E-state index is 11.0. The average molecular weight is 251 g/mol. The molecular formula is C13H15ClN2O. The molecule has 0 fully saturated rings. The monoisotopic (exact) mass is 250 g/mol. The molecule has 1 aromatic carbocycles. The van der Waals surface area contributed by atoms with E-state index in [0.717, 1.165) is 35.0 Å². The number of hydrogen-bond donors (Lipinski definition) is 2. The van der Waals surface area contributed by atoms with Gasteiger partial charge in [-0.25, -0.2) is 0 Å². The van der Waals surface area contributed by atoms with Crippen molar-refractivity contribution in [1.82, 2.24) is 4.98 Å². The molecule has 90 valence electrons. The summed E-state index contributed by atoms with van der Waals surface area (Å²) in [7, 11) is 0. The molecule has 0 aliphatic heterocycles. The summed E-state index contributed by atoms with van der Waals surface area (Å²) >= 11 is 6.00. The van der Waals surface area contributed by atoms with Crippen LogP contribution in [0.25, 0.3) is 10.9 Å². The van der Waals surface area contributed by atoms with Gasteiger partial charge in [0.05, 0.1) is 6.42 Å². The van der Waals surface area contributed by atoms with Crippen molar-refractivity contribution in [3.05, 3.63) is 34.5 Å². The average Bonchev–Trinajstić information content (AvgIpc) is 2.57. The van der Waals surface area contributed by atoms with Crippen LogP contribution >= 0.6 is 11.6 Å². The first kappa shape index (κ1) is 12.0. The second-order valence-electron chi connectivity index (χ2n) is 4.17. The zero-order chi connectivity index (χ0) is 12.4. The Hall–Kier alpha value is -1.48. The van der Waals surface area contributed by atoms with Gasteiger partial charge in [-0.1, -0.05) is 24.9 Å². The van der Waals surface area contributed by atoms with Gasteiger partial charge in [-0.15, -0.1) is 0 Å². The van der Waals surface area contributed by atoms with Crippen LogP contribution in [0.4, 0.5) is 0 Å². The Balaban J connectivity index is 2.58. The van der Waals surface area contributed by atoms with Crippen molar-refractivity contribution in [3.63, 3.8) is 0 Å². The van der Waals surface area contributed by atoms with E-state index in [1.165, 1.54) is 0 Å². The molecule has 0 bridgehead atoms. The topological polar surface area (TPSA) is 58.9 Å². The minimum Gasteiger partial charge on any atom is -0.369 e. The predicted octanol–water partition coefficient (Wildman–Crippen LogP) is 2.80. The number of carbonyl (C=O) groups is 1. The van der Waals surface area contributed by atoms with Crippen molar-refractivity contribution < 1.29 is 4.79 Å². The van der Waals surface area contributed by atoms with Gasteiger partial charge >= 0.3 is 0 Å². The zero-order valence-corrected chi connectivity index (χ0v) is 10.5. The maximum Gasteiger partial charge on any atom is 0.223 e. The van der Waals surface area contributed by atoms with E-state index in [0.29, 0.717) is 5.02 Å². The Labute approximate surface area is 105 Å². The molecular weight excluding hydrogens is 236 g/mol. The molecule has 1 heterocycles. The molecule has 1 aromatic heterocycles. The van der Waals surface area contributed by atoms with Gasteiger partial charge in [-0.3, -0.25) is 4.79 Å². The van der Waals surface area contributed by atoms with E-state index in [4.69, 9.17) is 17.3 Å². The normalized spacial score (nSPS) is 10.9. The fourth-order valence-corrected chi connectivity index (χ4v) is 2.31. The molecule has 0 unspecified atom stereocenters. The number of nitrogens with one attached hydrogen (secondary N) is 1. The summed E-state index contributed by atoms with van der Waals surface area (Å²) in [4.78, 5) is 14.3. The molecule has 0 spiro atoms. The van der Waals surface area contributed by atoms with Crippen molar-refractivity contribution >= 4 is 28.4 Å². The first-order valence-electron chi connectivity index (χ1n) is 5.69. The van der Waals surface area contributed by atoms with Gasteiger partial charge in [0.2, 0.25) is 5.91 Å². The first-order valence-corrected chi connectivity index (χ1v) is 6.07. The zero-order valence-electron chi connectivity index (χ0n) is 9.72. The molecule has 0 radical (unpaired) electrons. The van der Waals surface area contributed by atoms with Crippen LogP contribution in [0.1, 0.15) is 24.6 Å². The summed E-state index contributed by atoms with van der Waals surface area (Å²) in [5, 5.41) is 1.80. The van der Waals surface area contributed by atoms with Crippen LogP contribution in [0.3, 0.4) is 0 Å². The predicted molar refractivity (Wildman–Crippen MR) is 70.2 cm³/mol. The van der Waals surface area contributed by atoms with Gasteiger partial charge in [0, 0.05) is 21.6 Å². The van der Waals surface area contributed by atoms with Gasteiger partial charge in [0.1, 0.15) is 0 Å². The Morgan fingerprint density at radius 1 is 1.47 bits per heavy atom. The van der Waals surface area contributed by atoms with E-state index in [2.05, 4.69) is 11.9 Å². The highest BCUT2D eigenvalue weighted by molar-refractivity contribution is 6.31. The number of rotatable bonds is 4. The van der Waals surface area contributed by atoms with Gasteiger partial charge in [-0.05, 0) is 30.2 Å². The molecule has 0 saturated heterocycles. The van der Waals surface area contributed by atoms with Crippen molar-refractivity contribution in [2.75, 3.05) is 0 Å². The highest BCUT2D eigenvalue weighted by Gasteiger charge is 2.12. The number of aromatic nitrogens is 1. The van der Waals surface area contributed by atoms with Crippen molar-refractivity contribution in [1.29, 1.82) is 0 Å². The molecule has 0 aliphatic rings. The molecule has 2 rings (SSSR count). The Kier molecular flexibility index (Phi) is 3.38. The minimum atomic E-state index is -0.319. The molecule has 0 aliphatic carbocycles. The highest BCUT2D eigenvalue weighted by Crippen LogP contribution is 2.27. The summed E-state index contributed by atoms with van der Waals surface area (Å²) in [5.74, 6) is -0.319. The second-order valence-corrected chi connectivity index (χ2v) is 4.60. The van der Waals surface area contributed by atoms with E-state index in [1.54, 1.807) is 0 Å². The van der Waals surface area contributed by atoms with E-state index in [-0.39, 0.29) is 12.3 Å². The van der Waals surface area contributed by atoms with Crippen LogP contribution in [0, 0.1) is 0 Å². The quantitative estimate of drug-likeness (QED) is 0.861. The van der Waals surface area contributed by atoms with Gasteiger partial charge in [-0.2, -0.15) is 0 Å². The first-order chi connectivity index (χ1) is 8.11. The fraction of sp³-hybridized carbons (Fsp3) is 0.308. The van der Waals surface area contributed by atoms with Gasteiger partial charge in [0.25, 0.3) is 0 Å². The van der Waals surface area contributed by atoms with Crippen molar-refractivity contribution in [2.45, 2.75) is 26.2 Å². The van der Waals surface area contributed by atoms with Crippen LogP contribution in [0.15, 0.2) is 18.2 Å². The Morgan fingerprint density at radius 2 is 2.24 bits per heavy atom. The lowest BCUT2D eigenvalue weighted by Crippen LogP contribution is -2.14. The van der Waals surface area contributed by atoms with Crippen LogP contribution in [0.5, 0.6) is 0 Å². The van der Waals surface area contributed by atoms with Crippen LogP contribution < -0.4 is 5.73 Å². The summed E-state index contributed by atoms with van der Waals surface area (Å²) < 4.78 is 0. The second kappa shape index (κ2) is 4.80. The number of amides is 1. The molecule has 2 aromatic rings. The van der Waals surface area contributed by atoms with Crippen molar-refractivity contribution in [2.24, 2.45) is 5.73 Å². The van der Waals surface area contributed by atoms with Gasteiger partial charge < -0.3 is 10.7 Å². The van der Waals surface area contributed by atoms with Crippen LogP contribution in [-0.2, 0) is 17.6 Å². The number of aromatic amines is 1. The highest BCUT2D eigenvalue weighted by atomic mass is 35.5. The summed E-state index contributed by atoms with van der Waals surface area (Å²) in [6.07, 6.45) is 2.19. The lowest BCUT2D eigenvalue weighted by molar-refractivity contribution is -0.117. The Morgan fingerprint density at radius 3 is 2.88 bits per heavy atom. The number of carbonyl (C=O) groups excluding carboxylic acids is 1. The number of primary amides is 1. The molecule has 0 saturated carbocycles. The third-order valence-corrected chi connectivity index (χ3v) is 3.04. The number of nitrogens with two attached hydrogens (primary N) is 1. The largest absolute Gasteiger partial charge is 0.369 e. The minimum absolute atomic E-state index is 0.252. The molecule has 3 nitrogen and oxygen atoms in total. The summed E-state index contributed by atoms with van der Waals surface area (Å²) in [5.41, 5.74) is 8.33. The molecule has 0 atom stereocenters.